The van der Waals surface area contributed by atoms with Gasteiger partial charge in [0.05, 0.1) is 11.5 Å². The Bertz CT molecular complexity index is 550. The zero-order valence-electron chi connectivity index (χ0n) is 9.13. The van der Waals surface area contributed by atoms with E-state index in [1.165, 1.54) is 16.9 Å². The van der Waals surface area contributed by atoms with Crippen molar-refractivity contribution in [2.45, 2.75) is 12.3 Å². The molecule has 2 heterocycles. The molecule has 0 amide bonds. The molecular weight excluding hydrogens is 234 g/mol. The van der Waals surface area contributed by atoms with Crippen molar-refractivity contribution in [3.05, 3.63) is 45.9 Å². The van der Waals surface area contributed by atoms with E-state index in [2.05, 4.69) is 11.1 Å². The number of ether oxygens (including phenoxy) is 1. The molecule has 3 rings (SSSR count). The second-order valence-corrected chi connectivity index (χ2v) is 5.13. The molecule has 0 saturated carbocycles. The molecule has 0 bridgehead atoms. The standard InChI is InChI=1S/C13H11NO2S/c15-7-11-6-14-13(17-11)10-5-9-3-1-2-4-12(9)16-8-10/h1-4,6-7,10H,5,8H2. The third-order valence-electron chi connectivity index (χ3n) is 2.89. The van der Waals surface area contributed by atoms with E-state index in [4.69, 9.17) is 4.74 Å². The molecule has 1 aliphatic rings. The van der Waals surface area contributed by atoms with E-state index < -0.39 is 0 Å². The van der Waals surface area contributed by atoms with Crippen LogP contribution < -0.4 is 4.74 Å². The van der Waals surface area contributed by atoms with E-state index in [9.17, 15) is 4.79 Å². The van der Waals surface area contributed by atoms with E-state index >= 15 is 0 Å². The summed E-state index contributed by atoms with van der Waals surface area (Å²) < 4.78 is 5.71. The van der Waals surface area contributed by atoms with Gasteiger partial charge in [0.2, 0.25) is 0 Å². The van der Waals surface area contributed by atoms with Crippen molar-refractivity contribution >= 4 is 17.6 Å². The fraction of sp³-hybridized carbons (Fsp3) is 0.231. The van der Waals surface area contributed by atoms with E-state index in [1.807, 2.05) is 18.2 Å². The second kappa shape index (κ2) is 4.30. The fourth-order valence-electron chi connectivity index (χ4n) is 2.03. The molecule has 3 nitrogen and oxygen atoms in total. The predicted octanol–water partition coefficient (Wildman–Crippen LogP) is 2.67. The summed E-state index contributed by atoms with van der Waals surface area (Å²) >= 11 is 1.45. The summed E-state index contributed by atoms with van der Waals surface area (Å²) in [4.78, 5) is 15.6. The molecular formula is C13H11NO2S. The average molecular weight is 245 g/mol. The third kappa shape index (κ3) is 1.96. The van der Waals surface area contributed by atoms with Crippen molar-refractivity contribution in [1.29, 1.82) is 0 Å². The van der Waals surface area contributed by atoms with Crippen molar-refractivity contribution in [3.63, 3.8) is 0 Å². The molecule has 4 heteroatoms. The van der Waals surface area contributed by atoms with Crippen LogP contribution in [0.3, 0.4) is 0 Å². The zero-order chi connectivity index (χ0) is 11.7. The van der Waals surface area contributed by atoms with E-state index in [1.54, 1.807) is 6.20 Å². The Morgan fingerprint density at radius 3 is 3.12 bits per heavy atom. The first kappa shape index (κ1) is 10.5. The highest BCUT2D eigenvalue weighted by Crippen LogP contribution is 2.33. The number of carbonyl (C=O) groups is 1. The lowest BCUT2D eigenvalue weighted by atomic mass is 9.97. The number of hydrogen-bond acceptors (Lipinski definition) is 4. The van der Waals surface area contributed by atoms with Gasteiger partial charge in [-0.2, -0.15) is 0 Å². The number of rotatable bonds is 2. The summed E-state index contributed by atoms with van der Waals surface area (Å²) in [5, 5.41) is 0.988. The number of hydrogen-bond donors (Lipinski definition) is 0. The molecule has 0 radical (unpaired) electrons. The van der Waals surface area contributed by atoms with Crippen LogP contribution in [0, 0.1) is 0 Å². The summed E-state index contributed by atoms with van der Waals surface area (Å²) in [6.07, 6.45) is 3.41. The Kier molecular flexibility index (Phi) is 2.65. The van der Waals surface area contributed by atoms with Gasteiger partial charge in [-0.15, -0.1) is 11.3 Å². The molecule has 1 aliphatic heterocycles. The van der Waals surface area contributed by atoms with Gasteiger partial charge in [-0.05, 0) is 18.1 Å². The number of benzene rings is 1. The van der Waals surface area contributed by atoms with Gasteiger partial charge in [0.25, 0.3) is 0 Å². The quantitative estimate of drug-likeness (QED) is 0.764. The largest absolute Gasteiger partial charge is 0.493 e. The van der Waals surface area contributed by atoms with Gasteiger partial charge in [0, 0.05) is 12.1 Å². The maximum absolute atomic E-state index is 10.6. The van der Waals surface area contributed by atoms with Crippen LogP contribution in [0.15, 0.2) is 30.5 Å². The topological polar surface area (TPSA) is 39.2 Å². The molecule has 0 aliphatic carbocycles. The Balaban J connectivity index is 1.86. The lowest BCUT2D eigenvalue weighted by Gasteiger charge is -2.23. The number of carbonyl (C=O) groups excluding carboxylic acids is 1. The summed E-state index contributed by atoms with van der Waals surface area (Å²) in [5.41, 5.74) is 1.21. The van der Waals surface area contributed by atoms with Crippen molar-refractivity contribution in [3.8, 4) is 5.75 Å². The van der Waals surface area contributed by atoms with Crippen molar-refractivity contribution in [1.82, 2.24) is 4.98 Å². The molecule has 0 spiro atoms. The Morgan fingerprint density at radius 1 is 1.41 bits per heavy atom. The van der Waals surface area contributed by atoms with Gasteiger partial charge in [0.15, 0.2) is 6.29 Å². The minimum Gasteiger partial charge on any atom is -0.493 e. The molecule has 0 fully saturated rings. The molecule has 0 saturated heterocycles. The first-order chi connectivity index (χ1) is 8.36. The van der Waals surface area contributed by atoms with Gasteiger partial charge in [-0.1, -0.05) is 18.2 Å². The summed E-state index contributed by atoms with van der Waals surface area (Å²) in [6.45, 7) is 0.642. The zero-order valence-corrected chi connectivity index (χ0v) is 9.94. The second-order valence-electron chi connectivity index (χ2n) is 4.04. The number of para-hydroxylation sites is 1. The maximum Gasteiger partial charge on any atom is 0.161 e. The maximum atomic E-state index is 10.6. The van der Waals surface area contributed by atoms with Gasteiger partial charge < -0.3 is 4.74 Å². The molecule has 1 aromatic heterocycles. The number of thiazole rings is 1. The molecule has 1 aromatic carbocycles. The van der Waals surface area contributed by atoms with Crippen LogP contribution in [0.4, 0.5) is 0 Å². The minimum atomic E-state index is 0.267. The number of fused-ring (bicyclic) bond motifs is 1. The molecule has 17 heavy (non-hydrogen) atoms. The van der Waals surface area contributed by atoms with Crippen LogP contribution in [0.25, 0.3) is 0 Å². The van der Waals surface area contributed by atoms with Crippen LogP contribution in [0.5, 0.6) is 5.75 Å². The van der Waals surface area contributed by atoms with Crippen LogP contribution in [-0.4, -0.2) is 17.9 Å². The molecule has 1 atom stereocenters. The smallest absolute Gasteiger partial charge is 0.161 e. The number of aldehydes is 1. The van der Waals surface area contributed by atoms with Crippen molar-refractivity contribution < 1.29 is 9.53 Å². The predicted molar refractivity (Wildman–Crippen MR) is 65.9 cm³/mol. The van der Waals surface area contributed by atoms with Crippen LogP contribution >= 0.6 is 11.3 Å². The summed E-state index contributed by atoms with van der Waals surface area (Å²) in [7, 11) is 0. The highest BCUT2D eigenvalue weighted by atomic mass is 32.1. The molecule has 0 N–H and O–H groups in total. The third-order valence-corrected chi connectivity index (χ3v) is 3.97. The van der Waals surface area contributed by atoms with E-state index in [0.717, 1.165) is 23.5 Å². The monoisotopic (exact) mass is 245 g/mol. The highest BCUT2D eigenvalue weighted by molar-refractivity contribution is 7.13. The van der Waals surface area contributed by atoms with E-state index in [0.29, 0.717) is 11.5 Å². The van der Waals surface area contributed by atoms with Gasteiger partial charge in [-0.3, -0.25) is 4.79 Å². The van der Waals surface area contributed by atoms with Crippen LogP contribution in [0.2, 0.25) is 0 Å². The van der Waals surface area contributed by atoms with Gasteiger partial charge >= 0.3 is 0 Å². The number of aromatic nitrogens is 1. The molecule has 1 unspecified atom stereocenters. The fourth-order valence-corrected chi connectivity index (χ4v) is 2.85. The lowest BCUT2D eigenvalue weighted by molar-refractivity contribution is 0.112. The summed E-state index contributed by atoms with van der Waals surface area (Å²) in [6, 6.07) is 8.07. The lowest BCUT2D eigenvalue weighted by Crippen LogP contribution is -2.18. The normalized spacial score (nSPS) is 18.2. The van der Waals surface area contributed by atoms with Crippen molar-refractivity contribution in [2.24, 2.45) is 0 Å². The van der Waals surface area contributed by atoms with Gasteiger partial charge in [0.1, 0.15) is 10.8 Å². The molecule has 86 valence electrons. The molecule has 2 aromatic rings. The summed E-state index contributed by atoms with van der Waals surface area (Å²) in [5.74, 6) is 1.24. The Hall–Kier alpha value is -1.68. The SMILES string of the molecule is O=Cc1cnc(C2COc3ccccc3C2)s1. The average Bonchev–Trinajstić information content (AvgIpc) is 2.87. The Labute approximate surface area is 103 Å². The Morgan fingerprint density at radius 2 is 2.29 bits per heavy atom. The minimum absolute atomic E-state index is 0.267. The van der Waals surface area contributed by atoms with Crippen LogP contribution in [0.1, 0.15) is 26.2 Å². The van der Waals surface area contributed by atoms with Crippen LogP contribution in [-0.2, 0) is 6.42 Å². The van der Waals surface area contributed by atoms with Gasteiger partial charge in [-0.25, -0.2) is 4.98 Å². The van der Waals surface area contributed by atoms with E-state index in [-0.39, 0.29) is 5.92 Å². The van der Waals surface area contributed by atoms with Crippen molar-refractivity contribution in [2.75, 3.05) is 6.61 Å². The highest BCUT2D eigenvalue weighted by Gasteiger charge is 2.23. The first-order valence-electron chi connectivity index (χ1n) is 5.48. The number of nitrogens with zero attached hydrogens (tertiary/aromatic N) is 1. The first-order valence-corrected chi connectivity index (χ1v) is 6.30.